The molecule has 4 N–H and O–H groups in total. The van der Waals surface area contributed by atoms with Crippen LogP contribution in [0.2, 0.25) is 0 Å². The molecule has 1 saturated heterocycles. The van der Waals surface area contributed by atoms with Crippen LogP contribution in [0.15, 0.2) is 12.2 Å². The van der Waals surface area contributed by atoms with E-state index >= 15 is 0 Å². The normalized spacial score (nSPS) is 46.2. The number of carbonyl (C=O) groups is 2. The van der Waals surface area contributed by atoms with Crippen LogP contribution in [-0.4, -0.2) is 62.9 Å². The zero-order valence-electron chi connectivity index (χ0n) is 8.85. The molecule has 0 aromatic heterocycles. The van der Waals surface area contributed by atoms with E-state index in [0.29, 0.717) is 12.2 Å². The lowest BCUT2D eigenvalue weighted by atomic mass is 9.99. The van der Waals surface area contributed by atoms with Crippen LogP contribution in [0.3, 0.4) is 0 Å². The second kappa shape index (κ2) is 4.00. The number of aliphatic hydroxyl groups excluding tert-OH is 2. The van der Waals surface area contributed by atoms with Gasteiger partial charge in [0.15, 0.2) is 6.10 Å². The molecule has 0 radical (unpaired) electrons. The van der Waals surface area contributed by atoms with Gasteiger partial charge in [0.25, 0.3) is 0 Å². The molecule has 9 nitrogen and oxygen atoms in total. The molecule has 1 unspecified atom stereocenters. The summed E-state index contributed by atoms with van der Waals surface area (Å²) in [5, 5.41) is 38.7. The minimum Gasteiger partial charge on any atom is -0.417 e. The Labute approximate surface area is 99.8 Å². The first-order chi connectivity index (χ1) is 8.28. The van der Waals surface area contributed by atoms with Gasteiger partial charge >= 0.3 is 23.7 Å². The number of rotatable bonds is 0. The number of ether oxygens (including phenoxy) is 3. The highest BCUT2D eigenvalue weighted by molar-refractivity contribution is 5.92. The van der Waals surface area contributed by atoms with E-state index in [1.807, 2.05) is 0 Å². The molecular formula is C9H10O9. The van der Waals surface area contributed by atoms with Crippen molar-refractivity contribution in [3.8, 4) is 0 Å². The molecule has 0 amide bonds. The van der Waals surface area contributed by atoms with Gasteiger partial charge in [-0.15, -0.1) is 0 Å². The zero-order chi connectivity index (χ0) is 13.6. The highest BCUT2D eigenvalue weighted by atomic mass is 16.9. The molecule has 4 atom stereocenters. The Balaban J connectivity index is 2.46. The van der Waals surface area contributed by atoms with E-state index < -0.39 is 42.5 Å². The van der Waals surface area contributed by atoms with Crippen molar-refractivity contribution < 1.29 is 44.2 Å². The Bertz CT molecular complexity index is 418. The van der Waals surface area contributed by atoms with Gasteiger partial charge in [-0.2, -0.15) is 0 Å². The van der Waals surface area contributed by atoms with Crippen molar-refractivity contribution in [2.24, 2.45) is 0 Å². The molecule has 9 heteroatoms. The number of esters is 2. The zero-order valence-corrected chi connectivity index (χ0v) is 8.85. The molecule has 2 aliphatic rings. The van der Waals surface area contributed by atoms with Crippen LogP contribution >= 0.6 is 0 Å². The van der Waals surface area contributed by atoms with E-state index in [1.54, 1.807) is 0 Å². The molecular weight excluding hydrogens is 252 g/mol. The van der Waals surface area contributed by atoms with Gasteiger partial charge in [-0.25, -0.2) is 9.59 Å². The van der Waals surface area contributed by atoms with Crippen molar-refractivity contribution in [2.45, 2.75) is 24.0 Å². The first-order valence-electron chi connectivity index (χ1n) is 4.87. The van der Waals surface area contributed by atoms with E-state index in [2.05, 4.69) is 14.2 Å². The van der Waals surface area contributed by atoms with Crippen molar-refractivity contribution in [1.29, 1.82) is 0 Å². The molecule has 2 aliphatic heterocycles. The van der Waals surface area contributed by atoms with Crippen molar-refractivity contribution in [1.82, 2.24) is 0 Å². The van der Waals surface area contributed by atoms with E-state index in [1.165, 1.54) is 0 Å². The van der Waals surface area contributed by atoms with Gasteiger partial charge in [0.2, 0.25) is 0 Å². The monoisotopic (exact) mass is 262 g/mol. The lowest BCUT2D eigenvalue weighted by Crippen LogP contribution is -2.73. The van der Waals surface area contributed by atoms with Crippen molar-refractivity contribution in [3.05, 3.63) is 12.2 Å². The molecule has 1 fully saturated rings. The standard InChI is InChI=1S/C9H10O9/c10-4-3-16-9(15)8(14,7(4)13)17-5(11)1-2-6(12)18-9/h1-2,4,7,10,13-15H,3H2/b2-1-/t4-,7+,8-,9?/m1/s1. The molecule has 18 heavy (non-hydrogen) atoms. The first kappa shape index (κ1) is 12.9. The highest BCUT2D eigenvalue weighted by Gasteiger charge is 2.68. The summed E-state index contributed by atoms with van der Waals surface area (Å²) < 4.78 is 13.3. The summed E-state index contributed by atoms with van der Waals surface area (Å²) in [7, 11) is 0. The Hall–Kier alpha value is -1.52. The lowest BCUT2D eigenvalue weighted by Gasteiger charge is -2.47. The largest absolute Gasteiger partial charge is 0.417 e. The van der Waals surface area contributed by atoms with E-state index in [4.69, 9.17) is 0 Å². The number of hydrogen-bond donors (Lipinski definition) is 4. The van der Waals surface area contributed by atoms with Crippen LogP contribution in [0.1, 0.15) is 0 Å². The Morgan fingerprint density at radius 3 is 2.28 bits per heavy atom. The van der Waals surface area contributed by atoms with Gasteiger partial charge in [-0.3, -0.25) is 0 Å². The predicted molar refractivity (Wildman–Crippen MR) is 49.2 cm³/mol. The quantitative estimate of drug-likeness (QED) is 0.330. The van der Waals surface area contributed by atoms with Crippen molar-refractivity contribution in [3.63, 3.8) is 0 Å². The number of hydrogen-bond acceptors (Lipinski definition) is 9. The minimum atomic E-state index is -3.14. The van der Waals surface area contributed by atoms with Gasteiger partial charge < -0.3 is 34.6 Å². The Morgan fingerprint density at radius 1 is 1.11 bits per heavy atom. The summed E-state index contributed by atoms with van der Waals surface area (Å²) in [6.45, 7) is -0.644. The lowest BCUT2D eigenvalue weighted by molar-refractivity contribution is -0.497. The molecule has 0 aromatic rings. The van der Waals surface area contributed by atoms with Crippen LogP contribution in [0.4, 0.5) is 0 Å². The second-order valence-corrected chi connectivity index (χ2v) is 3.78. The van der Waals surface area contributed by atoms with Crippen LogP contribution in [-0.2, 0) is 23.8 Å². The van der Waals surface area contributed by atoms with Crippen molar-refractivity contribution >= 4 is 11.9 Å². The molecule has 100 valence electrons. The van der Waals surface area contributed by atoms with Gasteiger partial charge in [0.1, 0.15) is 6.10 Å². The number of fused-ring (bicyclic) bond motifs is 1. The van der Waals surface area contributed by atoms with Gasteiger partial charge in [0, 0.05) is 12.2 Å². The van der Waals surface area contributed by atoms with E-state index in [0.717, 1.165) is 0 Å². The fraction of sp³-hybridized carbons (Fsp3) is 0.556. The smallest absolute Gasteiger partial charge is 0.399 e. The SMILES string of the molecule is O=C1/C=C\C(=O)O[C@]2(O)[C@@H](O)[C@H](O)COC2(O)O1. The summed E-state index contributed by atoms with van der Waals surface area (Å²) in [6, 6.07) is 0. The molecule has 0 saturated carbocycles. The fourth-order valence-electron chi connectivity index (χ4n) is 1.56. The van der Waals surface area contributed by atoms with Crippen LogP contribution < -0.4 is 0 Å². The third kappa shape index (κ3) is 1.78. The van der Waals surface area contributed by atoms with E-state index in [9.17, 15) is 30.0 Å². The Kier molecular flexibility index (Phi) is 2.87. The van der Waals surface area contributed by atoms with Crippen LogP contribution in [0, 0.1) is 0 Å². The Morgan fingerprint density at radius 2 is 1.67 bits per heavy atom. The molecule has 0 bridgehead atoms. The van der Waals surface area contributed by atoms with Crippen LogP contribution in [0.25, 0.3) is 0 Å². The molecule has 0 aromatic carbocycles. The predicted octanol–water partition coefficient (Wildman–Crippen LogP) is -3.27. The van der Waals surface area contributed by atoms with Crippen molar-refractivity contribution in [2.75, 3.05) is 6.61 Å². The summed E-state index contributed by atoms with van der Waals surface area (Å²) in [5.41, 5.74) is 0. The third-order valence-electron chi connectivity index (χ3n) is 2.52. The first-order valence-corrected chi connectivity index (χ1v) is 4.87. The second-order valence-electron chi connectivity index (χ2n) is 3.78. The summed E-state index contributed by atoms with van der Waals surface area (Å²) in [5.74, 6) is -8.67. The molecule has 2 heterocycles. The van der Waals surface area contributed by atoms with Gasteiger partial charge in [-0.05, 0) is 0 Å². The number of aliphatic hydroxyl groups is 4. The number of carbonyl (C=O) groups excluding carboxylic acids is 2. The van der Waals surface area contributed by atoms with E-state index in [-0.39, 0.29) is 0 Å². The average molecular weight is 262 g/mol. The summed E-state index contributed by atoms with van der Waals surface area (Å²) in [6.07, 6.45) is -2.52. The minimum absolute atomic E-state index is 0.619. The maximum absolute atomic E-state index is 11.2. The third-order valence-corrected chi connectivity index (χ3v) is 2.52. The maximum Gasteiger partial charge on any atom is 0.399 e. The molecule has 2 rings (SSSR count). The highest BCUT2D eigenvalue weighted by Crippen LogP contribution is 2.37. The average Bonchev–Trinajstić information content (AvgIpc) is 2.29. The maximum atomic E-state index is 11.2. The summed E-state index contributed by atoms with van der Waals surface area (Å²) >= 11 is 0. The van der Waals surface area contributed by atoms with Gasteiger partial charge in [-0.1, -0.05) is 0 Å². The van der Waals surface area contributed by atoms with Gasteiger partial charge in [0.05, 0.1) is 6.61 Å². The molecule has 0 spiro atoms. The summed E-state index contributed by atoms with van der Waals surface area (Å²) in [4.78, 5) is 22.4. The van der Waals surface area contributed by atoms with Crippen LogP contribution in [0.5, 0.6) is 0 Å². The molecule has 0 aliphatic carbocycles. The topological polar surface area (TPSA) is 143 Å². The fourth-order valence-corrected chi connectivity index (χ4v) is 1.56.